The zero-order valence-corrected chi connectivity index (χ0v) is 12.7. The number of nitrogens with zero attached hydrogens (tertiary/aromatic N) is 2. The number of carbonyl (C=O) groups excluding carboxylic acids is 1. The minimum Gasteiger partial charge on any atom is -0.310 e. The lowest BCUT2D eigenvalue weighted by Gasteiger charge is -2.08. The molecule has 1 aromatic rings. The highest BCUT2D eigenvalue weighted by Crippen LogP contribution is 2.14. The Hall–Kier alpha value is -1.46. The maximum atomic E-state index is 11.6. The summed E-state index contributed by atoms with van der Waals surface area (Å²) in [5.41, 5.74) is 0.309. The number of aromatic nitrogens is 1. The molecule has 0 aliphatic heterocycles. The van der Waals surface area contributed by atoms with Gasteiger partial charge >= 0.3 is 0 Å². The summed E-state index contributed by atoms with van der Waals surface area (Å²) in [6.07, 6.45) is 0. The third-order valence-electron chi connectivity index (χ3n) is 2.24. The van der Waals surface area contributed by atoms with Crippen molar-refractivity contribution >= 4 is 37.5 Å². The van der Waals surface area contributed by atoms with Gasteiger partial charge in [0.1, 0.15) is 16.2 Å². The summed E-state index contributed by atoms with van der Waals surface area (Å²) in [5, 5.41) is 10.5. The van der Waals surface area contributed by atoms with Gasteiger partial charge in [-0.05, 0) is 41.9 Å². The largest absolute Gasteiger partial charge is 0.310 e. The number of pyridine rings is 1. The molecule has 19 heavy (non-hydrogen) atoms. The predicted octanol–water partition coefficient (Wildman–Crippen LogP) is 1.48. The fourth-order valence-corrected chi connectivity index (χ4v) is 2.36. The van der Waals surface area contributed by atoms with Gasteiger partial charge in [0, 0.05) is 0 Å². The lowest BCUT2D eigenvalue weighted by Crippen LogP contribution is -2.28. The molecular weight excluding hydrogens is 334 g/mol. The number of carbonyl (C=O) groups is 1. The van der Waals surface area contributed by atoms with E-state index >= 15 is 0 Å². The molecule has 0 aliphatic carbocycles. The van der Waals surface area contributed by atoms with Crippen molar-refractivity contribution in [3.8, 4) is 6.07 Å². The fourth-order valence-electron chi connectivity index (χ4n) is 1.15. The number of nitrogens with one attached hydrogen (secondary N) is 1. The Kier molecular flexibility index (Phi) is 5.03. The number of anilines is 1. The summed E-state index contributed by atoms with van der Waals surface area (Å²) >= 11 is 3.10. The second-order valence-corrected chi connectivity index (χ2v) is 7.45. The van der Waals surface area contributed by atoms with Crippen LogP contribution in [0.25, 0.3) is 0 Å². The van der Waals surface area contributed by atoms with E-state index in [1.807, 2.05) is 6.07 Å². The fraction of sp³-hybridized carbons (Fsp3) is 0.364. The average Bonchev–Trinajstić information content (AvgIpc) is 2.26. The lowest BCUT2D eigenvalue weighted by atomic mass is 10.3. The van der Waals surface area contributed by atoms with Crippen LogP contribution in [0.3, 0.4) is 0 Å². The van der Waals surface area contributed by atoms with E-state index in [0.717, 1.165) is 0 Å². The molecule has 0 atom stereocenters. The van der Waals surface area contributed by atoms with Gasteiger partial charge in [-0.15, -0.1) is 0 Å². The zero-order chi connectivity index (χ0) is 14.6. The van der Waals surface area contributed by atoms with Crippen LogP contribution in [0, 0.1) is 11.3 Å². The first-order chi connectivity index (χ1) is 8.74. The monoisotopic (exact) mass is 345 g/mol. The first-order valence-corrected chi connectivity index (χ1v) is 7.84. The third kappa shape index (κ3) is 4.61. The Balaban J connectivity index is 2.84. The first kappa shape index (κ1) is 15.6. The number of amides is 1. The number of hydrogen-bond donors (Lipinski definition) is 1. The molecule has 1 rings (SSSR count). The molecule has 0 spiro atoms. The van der Waals surface area contributed by atoms with Gasteiger partial charge in [-0.3, -0.25) is 4.79 Å². The van der Waals surface area contributed by atoms with Crippen LogP contribution < -0.4 is 5.32 Å². The van der Waals surface area contributed by atoms with E-state index in [1.165, 1.54) is 26.0 Å². The van der Waals surface area contributed by atoms with Gasteiger partial charge in [-0.1, -0.05) is 0 Å². The van der Waals surface area contributed by atoms with Crippen LogP contribution in [0.15, 0.2) is 16.7 Å². The minimum atomic E-state index is -3.46. The maximum Gasteiger partial charge on any atom is 0.240 e. The Morgan fingerprint density at radius 2 is 2.16 bits per heavy atom. The van der Waals surface area contributed by atoms with Crippen LogP contribution in [0.1, 0.15) is 19.4 Å². The molecule has 1 heterocycles. The molecule has 1 aromatic heterocycles. The van der Waals surface area contributed by atoms with Gasteiger partial charge < -0.3 is 5.32 Å². The van der Waals surface area contributed by atoms with Gasteiger partial charge in [0.2, 0.25) is 5.91 Å². The number of halogens is 1. The van der Waals surface area contributed by atoms with E-state index in [-0.39, 0.29) is 5.82 Å². The summed E-state index contributed by atoms with van der Waals surface area (Å²) in [5.74, 6) is -1.15. The Morgan fingerprint density at radius 1 is 1.53 bits per heavy atom. The van der Waals surface area contributed by atoms with E-state index in [2.05, 4.69) is 26.2 Å². The van der Waals surface area contributed by atoms with Gasteiger partial charge in [0.25, 0.3) is 0 Å². The van der Waals surface area contributed by atoms with Crippen LogP contribution in [0.4, 0.5) is 5.82 Å². The number of rotatable bonds is 4. The number of sulfone groups is 1. The van der Waals surface area contributed by atoms with E-state index in [0.29, 0.717) is 10.2 Å². The highest BCUT2D eigenvalue weighted by molar-refractivity contribution is 9.10. The van der Waals surface area contributed by atoms with Gasteiger partial charge in [0.15, 0.2) is 9.84 Å². The van der Waals surface area contributed by atoms with Crippen molar-refractivity contribution in [1.82, 2.24) is 4.98 Å². The quantitative estimate of drug-likeness (QED) is 0.833. The van der Waals surface area contributed by atoms with Crippen LogP contribution in [0.2, 0.25) is 0 Å². The zero-order valence-electron chi connectivity index (χ0n) is 10.3. The molecule has 1 amide bonds. The van der Waals surface area contributed by atoms with Crippen LogP contribution in [-0.4, -0.2) is 30.3 Å². The topological polar surface area (TPSA) is 99.9 Å². The molecule has 0 unspecified atom stereocenters. The summed E-state index contributed by atoms with van der Waals surface area (Å²) in [4.78, 5) is 15.6. The highest BCUT2D eigenvalue weighted by Gasteiger charge is 2.21. The lowest BCUT2D eigenvalue weighted by molar-refractivity contribution is -0.113. The number of hydrogen-bond acceptors (Lipinski definition) is 5. The molecule has 0 radical (unpaired) electrons. The molecular formula is C11H12BrN3O3S. The van der Waals surface area contributed by atoms with Gasteiger partial charge in [-0.25, -0.2) is 13.4 Å². The third-order valence-corrected chi connectivity index (χ3v) is 4.75. The molecule has 0 saturated carbocycles. The minimum absolute atomic E-state index is 0.134. The van der Waals surface area contributed by atoms with Crippen molar-refractivity contribution < 1.29 is 13.2 Å². The van der Waals surface area contributed by atoms with Crippen molar-refractivity contribution in [3.05, 3.63) is 22.3 Å². The first-order valence-electron chi connectivity index (χ1n) is 5.33. The van der Waals surface area contributed by atoms with Crippen molar-refractivity contribution in [2.45, 2.75) is 19.1 Å². The van der Waals surface area contributed by atoms with Crippen LogP contribution in [-0.2, 0) is 14.6 Å². The standard InChI is InChI=1S/C11H12BrN3O3S/c1-7(2)19(17,18)6-11(16)15-10-4-8(5-13)3-9(12)14-10/h3-4,7H,6H2,1-2H3,(H,14,15,16). The van der Waals surface area contributed by atoms with Crippen LogP contribution in [0.5, 0.6) is 0 Å². The average molecular weight is 346 g/mol. The normalized spacial score (nSPS) is 11.1. The molecule has 102 valence electrons. The summed E-state index contributed by atoms with van der Waals surface area (Å²) < 4.78 is 23.5. The smallest absolute Gasteiger partial charge is 0.240 e. The summed E-state index contributed by atoms with van der Waals surface area (Å²) in [6, 6.07) is 4.76. The van der Waals surface area contributed by atoms with E-state index < -0.39 is 26.7 Å². The van der Waals surface area contributed by atoms with Gasteiger partial charge in [-0.2, -0.15) is 5.26 Å². The molecule has 6 nitrogen and oxygen atoms in total. The predicted molar refractivity (Wildman–Crippen MR) is 74.2 cm³/mol. The maximum absolute atomic E-state index is 11.6. The molecule has 0 bridgehead atoms. The molecule has 0 fully saturated rings. The van der Waals surface area contributed by atoms with Crippen molar-refractivity contribution in [3.63, 3.8) is 0 Å². The molecule has 8 heteroatoms. The Morgan fingerprint density at radius 3 is 2.68 bits per heavy atom. The van der Waals surface area contributed by atoms with Crippen LogP contribution >= 0.6 is 15.9 Å². The Bertz CT molecular complexity index is 635. The van der Waals surface area contributed by atoms with E-state index in [1.54, 1.807) is 0 Å². The summed E-state index contributed by atoms with van der Waals surface area (Å²) in [7, 11) is -3.46. The SMILES string of the molecule is CC(C)S(=O)(=O)CC(=O)Nc1cc(C#N)cc(Br)n1. The Labute approximate surface area is 119 Å². The van der Waals surface area contributed by atoms with Gasteiger partial charge in [0.05, 0.1) is 16.9 Å². The van der Waals surface area contributed by atoms with E-state index in [4.69, 9.17) is 5.26 Å². The van der Waals surface area contributed by atoms with Crippen molar-refractivity contribution in [2.24, 2.45) is 0 Å². The number of nitriles is 1. The van der Waals surface area contributed by atoms with E-state index in [9.17, 15) is 13.2 Å². The molecule has 0 saturated heterocycles. The molecule has 0 aromatic carbocycles. The van der Waals surface area contributed by atoms with Crippen molar-refractivity contribution in [1.29, 1.82) is 5.26 Å². The molecule has 1 N–H and O–H groups in total. The summed E-state index contributed by atoms with van der Waals surface area (Å²) in [6.45, 7) is 3.02. The second kappa shape index (κ2) is 6.12. The second-order valence-electron chi connectivity index (χ2n) is 4.08. The highest BCUT2D eigenvalue weighted by atomic mass is 79.9. The molecule has 0 aliphatic rings. The van der Waals surface area contributed by atoms with Crippen molar-refractivity contribution in [2.75, 3.05) is 11.1 Å².